The number of carbonyl (C=O) groups excluding carboxylic acids is 1. The van der Waals surface area contributed by atoms with Gasteiger partial charge in [-0.3, -0.25) is 4.79 Å². The third-order valence-corrected chi connectivity index (χ3v) is 10.7. The maximum atomic E-state index is 12.5. The van der Waals surface area contributed by atoms with E-state index in [0.29, 0.717) is 29.5 Å². The number of aliphatic hydroxyl groups excluding tert-OH is 1. The van der Waals surface area contributed by atoms with Crippen LogP contribution in [0.4, 0.5) is 0 Å². The van der Waals surface area contributed by atoms with Crippen LogP contribution in [0.15, 0.2) is 23.3 Å². The SMILES string of the molecule is CC(C)=CC(=O)C[C@@H](C)[C@H]1CC[C@H]2[C@@H]3CC=C4C(C)(C)[C@@H](O)CC[C@]4(C)[C@H]3CC[C@]12C. The molecule has 31 heavy (non-hydrogen) atoms. The van der Waals surface area contributed by atoms with Crippen molar-refractivity contribution in [1.29, 1.82) is 0 Å². The highest BCUT2D eigenvalue weighted by molar-refractivity contribution is 5.90. The Balaban J connectivity index is 1.57. The van der Waals surface area contributed by atoms with Crippen molar-refractivity contribution >= 4 is 5.78 Å². The van der Waals surface area contributed by atoms with Gasteiger partial charge < -0.3 is 5.11 Å². The summed E-state index contributed by atoms with van der Waals surface area (Å²) >= 11 is 0. The lowest BCUT2D eigenvalue weighted by Gasteiger charge is -2.61. The zero-order valence-corrected chi connectivity index (χ0v) is 21.1. The standard InChI is InChI=1S/C29H46O2/c1-18(2)16-20(30)17-19(3)22-9-10-23-21-8-11-25-27(4,5)26(31)13-15-29(25,7)24(21)12-14-28(22,23)6/h11,16,19,21-24,26,31H,8-10,12-15,17H2,1-7H3/t19-,21+,22-,23+,24+,26+,28-,29-/m1/s1. The molecule has 0 aliphatic heterocycles. The highest BCUT2D eigenvalue weighted by Crippen LogP contribution is 2.68. The molecule has 0 spiro atoms. The molecule has 0 saturated heterocycles. The maximum absolute atomic E-state index is 12.5. The predicted molar refractivity (Wildman–Crippen MR) is 129 cm³/mol. The molecule has 0 aromatic heterocycles. The number of aliphatic hydroxyl groups is 1. The van der Waals surface area contributed by atoms with Gasteiger partial charge in [0, 0.05) is 11.8 Å². The van der Waals surface area contributed by atoms with E-state index in [4.69, 9.17) is 0 Å². The zero-order valence-electron chi connectivity index (χ0n) is 21.1. The molecule has 2 nitrogen and oxygen atoms in total. The summed E-state index contributed by atoms with van der Waals surface area (Å²) < 4.78 is 0. The van der Waals surface area contributed by atoms with Crippen LogP contribution >= 0.6 is 0 Å². The van der Waals surface area contributed by atoms with Crippen molar-refractivity contribution < 1.29 is 9.90 Å². The van der Waals surface area contributed by atoms with Gasteiger partial charge in [0.25, 0.3) is 0 Å². The molecule has 3 fully saturated rings. The van der Waals surface area contributed by atoms with Crippen molar-refractivity contribution in [2.24, 2.45) is 45.8 Å². The zero-order chi connectivity index (χ0) is 22.8. The molecule has 2 heteroatoms. The summed E-state index contributed by atoms with van der Waals surface area (Å²) in [6.07, 6.45) is 13.5. The fourth-order valence-electron chi connectivity index (χ4n) is 9.21. The Morgan fingerprint density at radius 3 is 2.48 bits per heavy atom. The molecule has 3 saturated carbocycles. The normalized spacial score (nSPS) is 44.4. The quantitative estimate of drug-likeness (QED) is 0.384. The Labute approximate surface area is 191 Å². The minimum absolute atomic E-state index is 0.0866. The van der Waals surface area contributed by atoms with Gasteiger partial charge in [-0.2, -0.15) is 0 Å². The second-order valence-corrected chi connectivity index (χ2v) is 13.0. The lowest BCUT2D eigenvalue weighted by atomic mass is 9.44. The second-order valence-electron chi connectivity index (χ2n) is 13.0. The van der Waals surface area contributed by atoms with E-state index in [1.165, 1.54) is 32.1 Å². The molecule has 0 bridgehead atoms. The molecule has 4 aliphatic rings. The maximum Gasteiger partial charge on any atom is 0.155 e. The summed E-state index contributed by atoms with van der Waals surface area (Å²) in [5.41, 5.74) is 3.23. The van der Waals surface area contributed by atoms with Crippen molar-refractivity contribution in [2.75, 3.05) is 0 Å². The molecule has 0 amide bonds. The number of fused-ring (bicyclic) bond motifs is 5. The van der Waals surface area contributed by atoms with Gasteiger partial charge in [-0.05, 0) is 105 Å². The monoisotopic (exact) mass is 426 g/mol. The topological polar surface area (TPSA) is 37.3 Å². The Kier molecular flexibility index (Phi) is 5.90. The van der Waals surface area contributed by atoms with E-state index in [1.54, 1.807) is 5.57 Å². The van der Waals surface area contributed by atoms with Crippen LogP contribution in [-0.2, 0) is 4.79 Å². The van der Waals surface area contributed by atoms with E-state index < -0.39 is 0 Å². The van der Waals surface area contributed by atoms with E-state index in [9.17, 15) is 9.90 Å². The first-order valence-corrected chi connectivity index (χ1v) is 13.0. The van der Waals surface area contributed by atoms with Crippen LogP contribution in [0.5, 0.6) is 0 Å². The minimum Gasteiger partial charge on any atom is -0.392 e. The lowest BCUT2D eigenvalue weighted by Crippen LogP contribution is -2.54. The van der Waals surface area contributed by atoms with Gasteiger partial charge >= 0.3 is 0 Å². The van der Waals surface area contributed by atoms with Gasteiger partial charge in [0.1, 0.15) is 0 Å². The fraction of sp³-hybridized carbons (Fsp3) is 0.828. The number of carbonyl (C=O) groups is 1. The Morgan fingerprint density at radius 2 is 1.81 bits per heavy atom. The molecule has 0 unspecified atom stereocenters. The van der Waals surface area contributed by atoms with Crippen LogP contribution < -0.4 is 0 Å². The van der Waals surface area contributed by atoms with E-state index >= 15 is 0 Å². The molecule has 0 aromatic rings. The number of ketones is 1. The van der Waals surface area contributed by atoms with Crippen LogP contribution in [-0.4, -0.2) is 17.0 Å². The van der Waals surface area contributed by atoms with Crippen molar-refractivity contribution in [3.8, 4) is 0 Å². The van der Waals surface area contributed by atoms with Gasteiger partial charge in [-0.15, -0.1) is 0 Å². The van der Waals surface area contributed by atoms with E-state index in [2.05, 4.69) is 40.7 Å². The van der Waals surface area contributed by atoms with Crippen molar-refractivity contribution in [3.63, 3.8) is 0 Å². The van der Waals surface area contributed by atoms with E-state index in [1.807, 2.05) is 19.9 Å². The van der Waals surface area contributed by atoms with Crippen LogP contribution in [0, 0.1) is 45.8 Å². The summed E-state index contributed by atoms with van der Waals surface area (Å²) in [5.74, 6) is 3.80. The number of hydrogen-bond donors (Lipinski definition) is 1. The smallest absolute Gasteiger partial charge is 0.155 e. The van der Waals surface area contributed by atoms with Gasteiger partial charge in [0.15, 0.2) is 5.78 Å². The molecule has 174 valence electrons. The van der Waals surface area contributed by atoms with Gasteiger partial charge in [-0.1, -0.05) is 51.8 Å². The Morgan fingerprint density at radius 1 is 1.10 bits per heavy atom. The number of allylic oxidation sites excluding steroid dienone is 3. The van der Waals surface area contributed by atoms with Gasteiger partial charge in [0.05, 0.1) is 6.10 Å². The summed E-state index contributed by atoms with van der Waals surface area (Å²) in [5, 5.41) is 10.7. The molecule has 8 atom stereocenters. The number of hydrogen-bond acceptors (Lipinski definition) is 2. The third kappa shape index (κ3) is 3.60. The molecule has 0 heterocycles. The van der Waals surface area contributed by atoms with Crippen molar-refractivity contribution in [3.05, 3.63) is 23.3 Å². The molecular weight excluding hydrogens is 380 g/mol. The molecule has 4 rings (SSSR count). The predicted octanol–water partition coefficient (Wildman–Crippen LogP) is 7.12. The lowest BCUT2D eigenvalue weighted by molar-refractivity contribution is -0.116. The van der Waals surface area contributed by atoms with E-state index in [-0.39, 0.29) is 16.9 Å². The summed E-state index contributed by atoms with van der Waals surface area (Å²) in [6.45, 7) is 16.0. The van der Waals surface area contributed by atoms with Crippen molar-refractivity contribution in [1.82, 2.24) is 0 Å². The molecule has 0 aromatic carbocycles. The molecule has 1 N–H and O–H groups in total. The molecule has 0 radical (unpaired) electrons. The van der Waals surface area contributed by atoms with Crippen LogP contribution in [0.25, 0.3) is 0 Å². The average Bonchev–Trinajstić information content (AvgIpc) is 3.02. The largest absolute Gasteiger partial charge is 0.392 e. The van der Waals surface area contributed by atoms with Crippen LogP contribution in [0.1, 0.15) is 99.8 Å². The minimum atomic E-state index is -0.202. The summed E-state index contributed by atoms with van der Waals surface area (Å²) in [4.78, 5) is 12.5. The Bertz CT molecular complexity index is 785. The first-order chi connectivity index (χ1) is 14.4. The van der Waals surface area contributed by atoms with Crippen LogP contribution in [0.3, 0.4) is 0 Å². The first-order valence-electron chi connectivity index (χ1n) is 13.0. The average molecular weight is 427 g/mol. The summed E-state index contributed by atoms with van der Waals surface area (Å²) in [6, 6.07) is 0. The second kappa shape index (κ2) is 7.86. The first kappa shape index (κ1) is 23.3. The highest BCUT2D eigenvalue weighted by Gasteiger charge is 2.61. The Hall–Kier alpha value is -0.890. The molecule has 4 aliphatic carbocycles. The van der Waals surface area contributed by atoms with Crippen molar-refractivity contribution in [2.45, 2.75) is 106 Å². The highest BCUT2D eigenvalue weighted by atomic mass is 16.3. The number of rotatable bonds is 4. The van der Waals surface area contributed by atoms with Gasteiger partial charge in [0.2, 0.25) is 0 Å². The summed E-state index contributed by atoms with van der Waals surface area (Å²) in [7, 11) is 0. The molecular formula is C29H46O2. The van der Waals surface area contributed by atoms with Gasteiger partial charge in [-0.25, -0.2) is 0 Å². The van der Waals surface area contributed by atoms with Crippen LogP contribution in [0.2, 0.25) is 0 Å². The fourth-order valence-corrected chi connectivity index (χ4v) is 9.21. The van der Waals surface area contributed by atoms with E-state index in [0.717, 1.165) is 36.2 Å². The third-order valence-electron chi connectivity index (χ3n) is 10.7.